The van der Waals surface area contributed by atoms with Crippen LogP contribution < -0.4 is 15.4 Å². The number of amides is 2. The lowest BCUT2D eigenvalue weighted by Crippen LogP contribution is -2.47. The molecule has 2 N–H and O–H groups in total. The van der Waals surface area contributed by atoms with Crippen molar-refractivity contribution in [1.82, 2.24) is 15.5 Å². The molecule has 2 amide bonds. The molecule has 0 aromatic heterocycles. The lowest BCUT2D eigenvalue weighted by molar-refractivity contribution is 0.0818. The third-order valence-corrected chi connectivity index (χ3v) is 4.90. The summed E-state index contributed by atoms with van der Waals surface area (Å²) in [5.41, 5.74) is 2.10. The van der Waals surface area contributed by atoms with E-state index in [2.05, 4.69) is 39.8 Å². The predicted octanol–water partition coefficient (Wildman–Crippen LogP) is 3.79. The number of nitrogens with zero attached hydrogens (tertiary/aromatic N) is 1. The Kier molecular flexibility index (Phi) is 7.81. The van der Waals surface area contributed by atoms with Crippen molar-refractivity contribution >= 4 is 6.03 Å². The third kappa shape index (κ3) is 7.34. The number of likely N-dealkylation sites (tertiary alicyclic amines) is 1. The van der Waals surface area contributed by atoms with Crippen molar-refractivity contribution in [3.8, 4) is 5.75 Å². The quantitative estimate of drug-likeness (QED) is 0.705. The van der Waals surface area contributed by atoms with Crippen molar-refractivity contribution in [2.45, 2.75) is 38.4 Å². The molecule has 156 valence electrons. The second-order valence-electron chi connectivity index (χ2n) is 7.21. The van der Waals surface area contributed by atoms with Crippen LogP contribution in [0, 0.1) is 0 Å². The number of carbonyl (C=O) groups is 1. The van der Waals surface area contributed by atoms with E-state index in [-0.39, 0.29) is 12.1 Å². The fraction of sp³-hybridized carbons (Fsp3) is 0.409. The molecule has 5 nitrogen and oxygen atoms in total. The van der Waals surface area contributed by atoms with E-state index < -0.39 is 13.0 Å². The second-order valence-corrected chi connectivity index (χ2v) is 7.21. The number of piperidine rings is 1. The summed E-state index contributed by atoms with van der Waals surface area (Å²) in [7, 11) is 0. The minimum absolute atomic E-state index is 0.155. The Labute approximate surface area is 170 Å². The first-order valence-corrected chi connectivity index (χ1v) is 9.89. The number of hydrogen-bond acceptors (Lipinski definition) is 3. The number of halogens is 2. The molecule has 0 bridgehead atoms. The van der Waals surface area contributed by atoms with E-state index in [9.17, 15) is 13.6 Å². The average molecular weight is 403 g/mol. The van der Waals surface area contributed by atoms with Crippen LogP contribution >= 0.6 is 0 Å². The van der Waals surface area contributed by atoms with Crippen LogP contribution in [0.25, 0.3) is 0 Å². The van der Waals surface area contributed by atoms with Crippen molar-refractivity contribution in [3.63, 3.8) is 0 Å². The molecule has 29 heavy (non-hydrogen) atoms. The molecule has 0 atom stereocenters. The maximum Gasteiger partial charge on any atom is 0.315 e. The van der Waals surface area contributed by atoms with Gasteiger partial charge in [0.15, 0.2) is 0 Å². The molecule has 1 aliphatic heterocycles. The molecule has 1 saturated heterocycles. The first-order chi connectivity index (χ1) is 14.1. The van der Waals surface area contributed by atoms with Crippen molar-refractivity contribution in [1.29, 1.82) is 0 Å². The number of ether oxygens (including phenoxy) is 1. The number of benzene rings is 2. The standard InChI is InChI=1S/C22H27F2N3O2/c23-21(24)16-29-20-8-4-7-18(13-20)14-25-22(28)26-19-9-11-27(12-10-19)15-17-5-2-1-3-6-17/h1-8,13,19,21H,9-12,14-16H2,(H2,25,26,28). The number of hydrogen-bond donors (Lipinski definition) is 2. The molecule has 2 aromatic carbocycles. The highest BCUT2D eigenvalue weighted by atomic mass is 19.3. The van der Waals surface area contributed by atoms with Gasteiger partial charge in [0.2, 0.25) is 0 Å². The third-order valence-electron chi connectivity index (χ3n) is 4.90. The largest absolute Gasteiger partial charge is 0.488 e. The summed E-state index contributed by atoms with van der Waals surface area (Å²) in [5.74, 6) is 0.371. The molecular formula is C22H27F2N3O2. The molecular weight excluding hydrogens is 376 g/mol. The minimum Gasteiger partial charge on any atom is -0.488 e. The van der Waals surface area contributed by atoms with Gasteiger partial charge in [-0.3, -0.25) is 4.90 Å². The molecule has 3 rings (SSSR count). The number of carbonyl (C=O) groups excluding carboxylic acids is 1. The number of rotatable bonds is 8. The van der Waals surface area contributed by atoms with Gasteiger partial charge >= 0.3 is 6.03 Å². The van der Waals surface area contributed by atoms with E-state index in [1.165, 1.54) is 5.56 Å². The first-order valence-electron chi connectivity index (χ1n) is 9.89. The Balaban J connectivity index is 1.36. The van der Waals surface area contributed by atoms with E-state index >= 15 is 0 Å². The summed E-state index contributed by atoms with van der Waals surface area (Å²) < 4.78 is 29.5. The fourth-order valence-corrected chi connectivity index (χ4v) is 3.40. The topological polar surface area (TPSA) is 53.6 Å². The van der Waals surface area contributed by atoms with Crippen LogP contribution in [0.3, 0.4) is 0 Å². The number of nitrogens with one attached hydrogen (secondary N) is 2. The van der Waals surface area contributed by atoms with Gasteiger partial charge in [-0.15, -0.1) is 0 Å². The van der Waals surface area contributed by atoms with Crippen molar-refractivity contribution in [2.75, 3.05) is 19.7 Å². The van der Waals surface area contributed by atoms with E-state index in [0.29, 0.717) is 12.3 Å². The lowest BCUT2D eigenvalue weighted by atomic mass is 10.0. The SMILES string of the molecule is O=C(NCc1cccc(OCC(F)F)c1)NC1CCN(Cc2ccccc2)CC1. The van der Waals surface area contributed by atoms with Gasteiger partial charge in [0, 0.05) is 32.2 Å². The van der Waals surface area contributed by atoms with Gasteiger partial charge in [-0.05, 0) is 36.1 Å². The second kappa shape index (κ2) is 10.8. The molecule has 0 spiro atoms. The van der Waals surface area contributed by atoms with Gasteiger partial charge in [-0.25, -0.2) is 13.6 Å². The van der Waals surface area contributed by atoms with Crippen LogP contribution in [0.5, 0.6) is 5.75 Å². The van der Waals surface area contributed by atoms with Gasteiger partial charge in [0.25, 0.3) is 6.43 Å². The van der Waals surface area contributed by atoms with E-state index in [4.69, 9.17) is 4.74 Å². The van der Waals surface area contributed by atoms with Gasteiger partial charge in [-0.2, -0.15) is 0 Å². The summed E-state index contributed by atoms with van der Waals surface area (Å²) in [6.07, 6.45) is -0.685. The Morgan fingerprint density at radius 3 is 2.52 bits per heavy atom. The molecule has 0 saturated carbocycles. The van der Waals surface area contributed by atoms with Gasteiger partial charge in [0.05, 0.1) is 0 Å². The molecule has 0 radical (unpaired) electrons. The van der Waals surface area contributed by atoms with Crippen LogP contribution in [0.15, 0.2) is 54.6 Å². The van der Waals surface area contributed by atoms with E-state index in [1.54, 1.807) is 18.2 Å². The van der Waals surface area contributed by atoms with Crippen molar-refractivity contribution in [2.24, 2.45) is 0 Å². The number of alkyl halides is 2. The Morgan fingerprint density at radius 2 is 1.79 bits per heavy atom. The first kappa shape index (κ1) is 21.0. The lowest BCUT2D eigenvalue weighted by Gasteiger charge is -2.32. The summed E-state index contributed by atoms with van der Waals surface area (Å²) in [6, 6.07) is 17.1. The fourth-order valence-electron chi connectivity index (χ4n) is 3.40. The van der Waals surface area contributed by atoms with Crippen LogP contribution in [0.4, 0.5) is 13.6 Å². The zero-order chi connectivity index (χ0) is 20.5. The molecule has 7 heteroatoms. The zero-order valence-corrected chi connectivity index (χ0v) is 16.3. The van der Waals surface area contributed by atoms with Crippen LogP contribution in [0.1, 0.15) is 24.0 Å². The van der Waals surface area contributed by atoms with Crippen molar-refractivity contribution < 1.29 is 18.3 Å². The molecule has 1 fully saturated rings. The molecule has 0 unspecified atom stereocenters. The molecule has 1 heterocycles. The Hall–Kier alpha value is -2.67. The smallest absolute Gasteiger partial charge is 0.315 e. The average Bonchev–Trinajstić information content (AvgIpc) is 2.73. The molecule has 1 aliphatic rings. The highest BCUT2D eigenvalue weighted by Gasteiger charge is 2.20. The van der Waals surface area contributed by atoms with Crippen LogP contribution in [-0.4, -0.2) is 43.1 Å². The van der Waals surface area contributed by atoms with Crippen molar-refractivity contribution in [3.05, 3.63) is 65.7 Å². The summed E-state index contributed by atoms with van der Waals surface area (Å²) >= 11 is 0. The monoisotopic (exact) mass is 403 g/mol. The van der Waals surface area contributed by atoms with E-state index in [1.807, 2.05) is 12.1 Å². The number of urea groups is 1. The minimum atomic E-state index is -2.51. The van der Waals surface area contributed by atoms with Gasteiger partial charge < -0.3 is 15.4 Å². The highest BCUT2D eigenvalue weighted by Crippen LogP contribution is 2.15. The maximum absolute atomic E-state index is 12.2. The van der Waals surface area contributed by atoms with Gasteiger partial charge in [0.1, 0.15) is 12.4 Å². The summed E-state index contributed by atoms with van der Waals surface area (Å²) in [6.45, 7) is 2.50. The summed E-state index contributed by atoms with van der Waals surface area (Å²) in [5, 5.41) is 5.84. The van der Waals surface area contributed by atoms with E-state index in [0.717, 1.165) is 38.0 Å². The zero-order valence-electron chi connectivity index (χ0n) is 16.3. The van der Waals surface area contributed by atoms with Crippen LogP contribution in [0.2, 0.25) is 0 Å². The predicted molar refractivity (Wildman–Crippen MR) is 108 cm³/mol. The summed E-state index contributed by atoms with van der Waals surface area (Å²) in [4.78, 5) is 14.6. The Bertz CT molecular complexity index is 766. The molecule has 2 aromatic rings. The maximum atomic E-state index is 12.2. The van der Waals surface area contributed by atoms with Gasteiger partial charge in [-0.1, -0.05) is 42.5 Å². The highest BCUT2D eigenvalue weighted by molar-refractivity contribution is 5.74. The van der Waals surface area contributed by atoms with Crippen LogP contribution in [-0.2, 0) is 13.1 Å². The normalized spacial score (nSPS) is 15.3. The Morgan fingerprint density at radius 1 is 1.07 bits per heavy atom. The molecule has 0 aliphatic carbocycles.